The van der Waals surface area contributed by atoms with Gasteiger partial charge in [-0.3, -0.25) is 4.79 Å². The van der Waals surface area contributed by atoms with Crippen LogP contribution in [0.2, 0.25) is 0 Å². The maximum Gasteiger partial charge on any atom is 0.334 e. The number of carbonyl (C=O) groups excluding carboxylic acids is 1. The summed E-state index contributed by atoms with van der Waals surface area (Å²) in [6, 6.07) is 34.6. The van der Waals surface area contributed by atoms with Gasteiger partial charge in [-0.1, -0.05) is 109 Å². The van der Waals surface area contributed by atoms with Crippen molar-refractivity contribution in [2.45, 2.75) is 5.54 Å². The molecule has 6 heteroatoms. The van der Waals surface area contributed by atoms with Gasteiger partial charge in [-0.2, -0.15) is 0 Å². The van der Waals surface area contributed by atoms with Crippen LogP contribution in [0.3, 0.4) is 0 Å². The van der Waals surface area contributed by atoms with E-state index in [9.17, 15) is 19.3 Å². The Morgan fingerprint density at radius 2 is 1.09 bits per heavy atom. The summed E-state index contributed by atoms with van der Waals surface area (Å²) in [5.41, 5.74) is -1.27. The van der Waals surface area contributed by atoms with Gasteiger partial charge in [0.1, 0.15) is 7.14 Å². The molecular formula is C28H24NO4P. The van der Waals surface area contributed by atoms with Crippen molar-refractivity contribution < 1.29 is 19.3 Å². The zero-order chi connectivity index (χ0) is 24.0. The highest BCUT2D eigenvalue weighted by Gasteiger charge is 2.48. The van der Waals surface area contributed by atoms with Crippen molar-refractivity contribution >= 4 is 29.6 Å². The van der Waals surface area contributed by atoms with Crippen LogP contribution in [0.5, 0.6) is 0 Å². The normalized spacial score (nSPS) is 12.9. The van der Waals surface area contributed by atoms with Crippen molar-refractivity contribution in [3.8, 4) is 0 Å². The number of amides is 1. The fraction of sp³-hybridized carbons (Fsp3) is 0.0714. The molecule has 0 aliphatic rings. The van der Waals surface area contributed by atoms with Gasteiger partial charge >= 0.3 is 5.97 Å². The number of carboxylic acid groups (broad SMARTS) is 1. The molecule has 34 heavy (non-hydrogen) atoms. The van der Waals surface area contributed by atoms with Crippen LogP contribution in [0.15, 0.2) is 121 Å². The molecule has 0 saturated carbocycles. The molecule has 0 aromatic heterocycles. The van der Waals surface area contributed by atoms with E-state index in [1.165, 1.54) is 0 Å². The topological polar surface area (TPSA) is 83.5 Å². The highest BCUT2D eigenvalue weighted by atomic mass is 31.2. The maximum atomic E-state index is 14.8. The monoisotopic (exact) mass is 469 g/mol. The molecule has 170 valence electrons. The summed E-state index contributed by atoms with van der Waals surface area (Å²) in [7, 11) is -3.51. The fourth-order valence-corrected chi connectivity index (χ4v) is 7.06. The number of benzene rings is 4. The largest absolute Gasteiger partial charge is 0.479 e. The van der Waals surface area contributed by atoms with Gasteiger partial charge < -0.3 is 15.0 Å². The van der Waals surface area contributed by atoms with E-state index in [1.807, 2.05) is 12.1 Å². The van der Waals surface area contributed by atoms with Crippen LogP contribution in [-0.4, -0.2) is 23.1 Å². The minimum atomic E-state index is -3.51. The average molecular weight is 469 g/mol. The number of hydrogen-bond donors (Lipinski definition) is 2. The van der Waals surface area contributed by atoms with Crippen molar-refractivity contribution in [3.05, 3.63) is 132 Å². The molecule has 0 saturated heterocycles. The second kappa shape index (κ2) is 9.90. The van der Waals surface area contributed by atoms with Gasteiger partial charge in [-0.15, -0.1) is 0 Å². The molecule has 0 fully saturated rings. The highest BCUT2D eigenvalue weighted by Crippen LogP contribution is 2.48. The van der Waals surface area contributed by atoms with Crippen molar-refractivity contribution in [2.24, 2.45) is 0 Å². The van der Waals surface area contributed by atoms with E-state index in [0.29, 0.717) is 21.7 Å². The molecule has 0 spiro atoms. The van der Waals surface area contributed by atoms with Gasteiger partial charge in [0.2, 0.25) is 0 Å². The third kappa shape index (κ3) is 4.57. The number of carboxylic acids is 1. The van der Waals surface area contributed by atoms with Crippen LogP contribution in [0, 0.1) is 0 Å². The molecule has 1 atom stereocenters. The van der Waals surface area contributed by atoms with Crippen molar-refractivity contribution in [1.82, 2.24) is 5.32 Å². The fourth-order valence-electron chi connectivity index (χ4n) is 4.03. The standard InChI is InChI=1S/C28H24NO4P/c30-26(22-13-5-1-6-14-22)29-28(27(31)32,23-15-7-2-8-16-23)21-34(33,24-17-9-3-10-18-24)25-19-11-4-12-20-25/h1-20H,21H2,(H,29,30)(H,31,32). The zero-order valence-electron chi connectivity index (χ0n) is 18.4. The Labute approximate surface area is 198 Å². The van der Waals surface area contributed by atoms with Crippen LogP contribution in [0.1, 0.15) is 15.9 Å². The first-order valence-corrected chi connectivity index (χ1v) is 12.7. The maximum absolute atomic E-state index is 14.8. The van der Waals surface area contributed by atoms with Gasteiger partial charge in [0.25, 0.3) is 5.91 Å². The Kier molecular flexibility index (Phi) is 6.76. The van der Waals surface area contributed by atoms with Crippen molar-refractivity contribution in [2.75, 3.05) is 6.16 Å². The molecule has 4 aromatic carbocycles. The summed E-state index contributed by atoms with van der Waals surface area (Å²) in [4.78, 5) is 26.2. The molecule has 5 nitrogen and oxygen atoms in total. The van der Waals surface area contributed by atoms with Gasteiger partial charge in [0.15, 0.2) is 5.54 Å². The van der Waals surface area contributed by atoms with E-state index < -0.39 is 24.6 Å². The van der Waals surface area contributed by atoms with Gasteiger partial charge in [-0.25, -0.2) is 4.79 Å². The number of aliphatic carboxylic acids is 1. The van der Waals surface area contributed by atoms with Crippen LogP contribution >= 0.6 is 7.14 Å². The van der Waals surface area contributed by atoms with Crippen LogP contribution < -0.4 is 15.9 Å². The summed E-state index contributed by atoms with van der Waals surface area (Å²) >= 11 is 0. The smallest absolute Gasteiger partial charge is 0.334 e. The Hall–Kier alpha value is -3.95. The molecule has 0 heterocycles. The van der Waals surface area contributed by atoms with E-state index in [0.717, 1.165) is 0 Å². The second-order valence-corrected chi connectivity index (χ2v) is 10.8. The summed E-state index contributed by atoms with van der Waals surface area (Å²) in [6.45, 7) is 0. The van der Waals surface area contributed by atoms with Crippen LogP contribution in [0.4, 0.5) is 0 Å². The van der Waals surface area contributed by atoms with E-state index in [-0.39, 0.29) is 6.16 Å². The molecule has 0 radical (unpaired) electrons. The lowest BCUT2D eigenvalue weighted by Crippen LogP contribution is -2.55. The molecular weight excluding hydrogens is 445 g/mol. The third-order valence-corrected chi connectivity index (χ3v) is 8.99. The number of hydrogen-bond acceptors (Lipinski definition) is 3. The molecule has 4 aromatic rings. The van der Waals surface area contributed by atoms with Gasteiger partial charge in [0.05, 0.1) is 0 Å². The van der Waals surface area contributed by atoms with Crippen molar-refractivity contribution in [3.63, 3.8) is 0 Å². The molecule has 4 rings (SSSR count). The van der Waals surface area contributed by atoms with E-state index in [2.05, 4.69) is 5.32 Å². The Bertz CT molecular complexity index is 1270. The lowest BCUT2D eigenvalue weighted by Gasteiger charge is -2.35. The lowest BCUT2D eigenvalue weighted by atomic mass is 9.91. The number of rotatable bonds is 8. The summed E-state index contributed by atoms with van der Waals surface area (Å²) in [5, 5.41) is 14.4. The molecule has 0 aliphatic heterocycles. The quantitative estimate of drug-likeness (QED) is 0.375. The zero-order valence-corrected chi connectivity index (χ0v) is 19.3. The first-order valence-electron chi connectivity index (χ1n) is 10.8. The Balaban J connectivity index is 1.91. The Morgan fingerprint density at radius 1 is 0.676 bits per heavy atom. The molecule has 1 unspecified atom stereocenters. The van der Waals surface area contributed by atoms with E-state index in [1.54, 1.807) is 109 Å². The minimum absolute atomic E-state index is 0.318. The predicted molar refractivity (Wildman–Crippen MR) is 134 cm³/mol. The molecule has 2 N–H and O–H groups in total. The van der Waals surface area contributed by atoms with Crippen LogP contribution in [-0.2, 0) is 14.9 Å². The molecule has 0 bridgehead atoms. The average Bonchev–Trinajstić information content (AvgIpc) is 2.90. The second-order valence-electron chi connectivity index (χ2n) is 7.97. The van der Waals surface area contributed by atoms with Crippen molar-refractivity contribution in [1.29, 1.82) is 0 Å². The molecule has 0 aliphatic carbocycles. The summed E-state index contributed by atoms with van der Waals surface area (Å²) < 4.78 is 14.8. The number of nitrogens with one attached hydrogen (secondary N) is 1. The summed E-state index contributed by atoms with van der Waals surface area (Å²) in [6.07, 6.45) is -0.327. The predicted octanol–water partition coefficient (Wildman–Crippen LogP) is 4.41. The minimum Gasteiger partial charge on any atom is -0.479 e. The first-order chi connectivity index (χ1) is 16.5. The summed E-state index contributed by atoms with van der Waals surface area (Å²) in [5.74, 6) is -1.84. The van der Waals surface area contributed by atoms with E-state index >= 15 is 0 Å². The first kappa shape index (κ1) is 23.2. The van der Waals surface area contributed by atoms with Crippen LogP contribution in [0.25, 0.3) is 0 Å². The lowest BCUT2D eigenvalue weighted by molar-refractivity contribution is -0.144. The van der Waals surface area contributed by atoms with Gasteiger partial charge in [0, 0.05) is 22.3 Å². The van der Waals surface area contributed by atoms with Gasteiger partial charge in [-0.05, 0) is 17.7 Å². The van der Waals surface area contributed by atoms with E-state index in [4.69, 9.17) is 0 Å². The molecule has 1 amide bonds. The highest BCUT2D eigenvalue weighted by molar-refractivity contribution is 7.78. The third-order valence-electron chi connectivity index (χ3n) is 5.80. The Morgan fingerprint density at radius 3 is 1.53 bits per heavy atom. The number of carbonyl (C=O) groups is 2. The SMILES string of the molecule is O=C(NC(CP(=O)(c1ccccc1)c1ccccc1)(C(=O)O)c1ccccc1)c1ccccc1.